The molecule has 3 rings (SSSR count). The Balaban J connectivity index is 1.59. The van der Waals surface area contributed by atoms with Gasteiger partial charge in [-0.05, 0) is 24.3 Å². The van der Waals surface area contributed by atoms with E-state index in [2.05, 4.69) is 46.6 Å². The highest BCUT2D eigenvalue weighted by Crippen LogP contribution is 2.38. The molecule has 0 saturated carbocycles. The summed E-state index contributed by atoms with van der Waals surface area (Å²) in [5.41, 5.74) is 0.499. The van der Waals surface area contributed by atoms with Crippen molar-refractivity contribution in [2.24, 2.45) is 10.4 Å². The van der Waals surface area contributed by atoms with E-state index in [0.717, 1.165) is 38.8 Å². The van der Waals surface area contributed by atoms with Crippen LogP contribution >= 0.6 is 11.3 Å². The maximum atomic E-state index is 5.62. The molecule has 22 heavy (non-hydrogen) atoms. The number of thiophene rings is 1. The lowest BCUT2D eigenvalue weighted by atomic mass is 9.87. The molecule has 0 radical (unpaired) electrons. The predicted octanol–water partition coefficient (Wildman–Crippen LogP) is 2.71. The van der Waals surface area contributed by atoms with Gasteiger partial charge in [-0.3, -0.25) is 4.99 Å². The van der Waals surface area contributed by atoms with Gasteiger partial charge >= 0.3 is 0 Å². The number of ether oxygens (including phenoxy) is 1. The van der Waals surface area contributed by atoms with Crippen molar-refractivity contribution in [2.45, 2.75) is 32.1 Å². The van der Waals surface area contributed by atoms with E-state index in [1.54, 1.807) is 0 Å². The number of hydrogen-bond donors (Lipinski definition) is 1. The summed E-state index contributed by atoms with van der Waals surface area (Å²) in [6.45, 7) is 9.48. The van der Waals surface area contributed by atoms with Gasteiger partial charge in [0.15, 0.2) is 5.96 Å². The van der Waals surface area contributed by atoms with E-state index < -0.39 is 0 Å². The molecular formula is C17H27N3OS. The van der Waals surface area contributed by atoms with Crippen molar-refractivity contribution in [2.75, 3.05) is 39.9 Å². The lowest BCUT2D eigenvalue weighted by Crippen LogP contribution is -2.45. The number of guanidine groups is 1. The first kappa shape index (κ1) is 15.8. The van der Waals surface area contributed by atoms with Crippen LogP contribution in [0.3, 0.4) is 0 Å². The number of aliphatic imine (C=N–C) groups is 1. The second-order valence-electron chi connectivity index (χ2n) is 7.24. The third-order valence-corrected chi connectivity index (χ3v) is 6.25. The van der Waals surface area contributed by atoms with Gasteiger partial charge in [0.05, 0.1) is 6.61 Å². The Morgan fingerprint density at radius 3 is 3.00 bits per heavy atom. The van der Waals surface area contributed by atoms with Crippen LogP contribution in [0.15, 0.2) is 22.5 Å². The molecule has 2 saturated heterocycles. The average molecular weight is 321 g/mol. The third kappa shape index (κ3) is 3.15. The fraction of sp³-hybridized carbons (Fsp3) is 0.706. The quantitative estimate of drug-likeness (QED) is 0.687. The Labute approximate surface area is 137 Å². The SMILES string of the molecule is CN=C(NCC(C)(C)c1cccs1)N1CCC2(CCOC2)C1. The standard InChI is InChI=1S/C17H27N3OS/c1-16(2,14-5-4-10-22-14)11-19-15(18-3)20-8-6-17(12-20)7-9-21-13-17/h4-5,10H,6-9,11-13H2,1-3H3,(H,18,19). The molecule has 1 aromatic rings. The van der Waals surface area contributed by atoms with Crippen molar-refractivity contribution in [3.8, 4) is 0 Å². The average Bonchev–Trinajstić information content (AvgIpc) is 3.24. The highest BCUT2D eigenvalue weighted by molar-refractivity contribution is 7.10. The van der Waals surface area contributed by atoms with Gasteiger partial charge in [-0.15, -0.1) is 11.3 Å². The van der Waals surface area contributed by atoms with Gasteiger partial charge in [-0.2, -0.15) is 0 Å². The number of rotatable bonds is 3. The summed E-state index contributed by atoms with van der Waals surface area (Å²) < 4.78 is 5.62. The van der Waals surface area contributed by atoms with Gasteiger partial charge < -0.3 is 15.0 Å². The van der Waals surface area contributed by atoms with Gasteiger partial charge in [-0.25, -0.2) is 0 Å². The third-order valence-electron chi connectivity index (χ3n) is 5.01. The molecule has 2 fully saturated rings. The second kappa shape index (κ2) is 6.20. The van der Waals surface area contributed by atoms with Crippen LogP contribution in [0.4, 0.5) is 0 Å². The molecule has 5 heteroatoms. The molecule has 2 aliphatic rings. The molecule has 1 spiro atoms. The summed E-state index contributed by atoms with van der Waals surface area (Å²) in [5, 5.41) is 5.74. The molecule has 1 aromatic heterocycles. The summed E-state index contributed by atoms with van der Waals surface area (Å²) in [4.78, 5) is 8.32. The van der Waals surface area contributed by atoms with Gasteiger partial charge in [0.1, 0.15) is 0 Å². The topological polar surface area (TPSA) is 36.9 Å². The first-order valence-electron chi connectivity index (χ1n) is 8.12. The Morgan fingerprint density at radius 1 is 1.50 bits per heavy atom. The molecule has 0 aromatic carbocycles. The Bertz CT molecular complexity index is 518. The minimum Gasteiger partial charge on any atom is -0.381 e. The zero-order valence-corrected chi connectivity index (χ0v) is 14.7. The van der Waals surface area contributed by atoms with E-state index in [4.69, 9.17) is 4.74 Å². The second-order valence-corrected chi connectivity index (χ2v) is 8.18. The predicted molar refractivity (Wildman–Crippen MR) is 92.8 cm³/mol. The van der Waals surface area contributed by atoms with Gasteiger partial charge in [0.25, 0.3) is 0 Å². The van der Waals surface area contributed by atoms with Crippen molar-refractivity contribution >= 4 is 17.3 Å². The maximum absolute atomic E-state index is 5.62. The summed E-state index contributed by atoms with van der Waals surface area (Å²) in [5.74, 6) is 1.04. The van der Waals surface area contributed by atoms with Crippen LogP contribution in [-0.2, 0) is 10.2 Å². The molecule has 0 amide bonds. The van der Waals surface area contributed by atoms with E-state index in [0.29, 0.717) is 5.41 Å². The molecule has 0 aliphatic carbocycles. The highest BCUT2D eigenvalue weighted by atomic mass is 32.1. The molecule has 1 atom stereocenters. The Morgan fingerprint density at radius 2 is 2.36 bits per heavy atom. The van der Waals surface area contributed by atoms with Crippen molar-refractivity contribution in [3.63, 3.8) is 0 Å². The number of likely N-dealkylation sites (tertiary alicyclic amines) is 1. The zero-order valence-electron chi connectivity index (χ0n) is 13.9. The minimum atomic E-state index is 0.123. The van der Waals surface area contributed by atoms with Gasteiger partial charge in [-0.1, -0.05) is 19.9 Å². The fourth-order valence-electron chi connectivity index (χ4n) is 3.47. The highest BCUT2D eigenvalue weighted by Gasteiger charge is 2.42. The van der Waals surface area contributed by atoms with Crippen LogP contribution in [0.25, 0.3) is 0 Å². The molecule has 4 nitrogen and oxygen atoms in total. The van der Waals surface area contributed by atoms with Crippen LogP contribution in [0, 0.1) is 5.41 Å². The summed E-state index contributed by atoms with van der Waals surface area (Å²) >= 11 is 1.83. The molecule has 3 heterocycles. The summed E-state index contributed by atoms with van der Waals surface area (Å²) in [6, 6.07) is 4.34. The van der Waals surface area contributed by atoms with E-state index in [-0.39, 0.29) is 5.41 Å². The Kier molecular flexibility index (Phi) is 4.46. The number of nitrogens with zero attached hydrogens (tertiary/aromatic N) is 2. The monoisotopic (exact) mass is 321 g/mol. The minimum absolute atomic E-state index is 0.123. The number of hydrogen-bond acceptors (Lipinski definition) is 3. The van der Waals surface area contributed by atoms with Crippen LogP contribution < -0.4 is 5.32 Å². The van der Waals surface area contributed by atoms with Crippen molar-refractivity contribution in [3.05, 3.63) is 22.4 Å². The van der Waals surface area contributed by atoms with Crippen LogP contribution in [0.2, 0.25) is 0 Å². The summed E-state index contributed by atoms with van der Waals surface area (Å²) in [7, 11) is 1.89. The lowest BCUT2D eigenvalue weighted by Gasteiger charge is -2.29. The van der Waals surface area contributed by atoms with Crippen molar-refractivity contribution in [1.82, 2.24) is 10.2 Å². The first-order valence-corrected chi connectivity index (χ1v) is 9.00. The first-order chi connectivity index (χ1) is 10.5. The summed E-state index contributed by atoms with van der Waals surface area (Å²) in [6.07, 6.45) is 2.42. The lowest BCUT2D eigenvalue weighted by molar-refractivity contribution is 0.156. The maximum Gasteiger partial charge on any atom is 0.193 e. The molecule has 0 bridgehead atoms. The van der Waals surface area contributed by atoms with Crippen molar-refractivity contribution in [1.29, 1.82) is 0 Å². The van der Waals surface area contributed by atoms with Crippen molar-refractivity contribution < 1.29 is 4.74 Å². The number of nitrogens with one attached hydrogen (secondary N) is 1. The largest absolute Gasteiger partial charge is 0.381 e. The van der Waals surface area contributed by atoms with Crippen LogP contribution in [-0.4, -0.2) is 50.8 Å². The molecule has 122 valence electrons. The molecule has 1 unspecified atom stereocenters. The molecule has 1 N–H and O–H groups in total. The van der Waals surface area contributed by atoms with E-state index >= 15 is 0 Å². The van der Waals surface area contributed by atoms with Crippen LogP contribution in [0.5, 0.6) is 0 Å². The van der Waals surface area contributed by atoms with E-state index in [9.17, 15) is 0 Å². The van der Waals surface area contributed by atoms with Gasteiger partial charge in [0, 0.05) is 49.0 Å². The normalized spacial score (nSPS) is 26.1. The fourth-order valence-corrected chi connectivity index (χ4v) is 4.32. The van der Waals surface area contributed by atoms with E-state index in [1.165, 1.54) is 17.7 Å². The molecular weight excluding hydrogens is 294 g/mol. The van der Waals surface area contributed by atoms with Crippen LogP contribution in [0.1, 0.15) is 31.6 Å². The van der Waals surface area contributed by atoms with Gasteiger partial charge in [0.2, 0.25) is 0 Å². The van der Waals surface area contributed by atoms with E-state index in [1.807, 2.05) is 18.4 Å². The smallest absolute Gasteiger partial charge is 0.193 e. The Hall–Kier alpha value is -1.07. The molecule has 2 aliphatic heterocycles. The zero-order chi connectivity index (χ0) is 15.6.